The van der Waals surface area contributed by atoms with Gasteiger partial charge >= 0.3 is 0 Å². The number of H-pyrrole nitrogens is 1. The van der Waals surface area contributed by atoms with Crippen molar-refractivity contribution in [3.8, 4) is 28.1 Å². The molecule has 0 spiro atoms. The zero-order chi connectivity index (χ0) is 22.3. The van der Waals surface area contributed by atoms with E-state index in [1.54, 1.807) is 12.3 Å². The molecule has 0 fully saturated rings. The van der Waals surface area contributed by atoms with Crippen LogP contribution in [-0.4, -0.2) is 16.6 Å². The molecule has 0 aliphatic carbocycles. The molecule has 0 bridgehead atoms. The highest BCUT2D eigenvalue weighted by molar-refractivity contribution is 6.36. The van der Waals surface area contributed by atoms with Crippen LogP contribution in [-0.2, 0) is 0 Å². The van der Waals surface area contributed by atoms with E-state index in [1.807, 2.05) is 36.4 Å². The summed E-state index contributed by atoms with van der Waals surface area (Å²) in [6, 6.07) is 22.1. The smallest absolute Gasteiger partial charge is 0.130 e. The van der Waals surface area contributed by atoms with Gasteiger partial charge in [0, 0.05) is 10.6 Å². The van der Waals surface area contributed by atoms with Crippen LogP contribution in [0.3, 0.4) is 0 Å². The third-order valence-corrected chi connectivity index (χ3v) is 5.64. The molecular formula is C27H24Cl2N2O. The molecule has 5 heteroatoms. The Morgan fingerprint density at radius 3 is 2.56 bits per heavy atom. The number of benzene rings is 3. The van der Waals surface area contributed by atoms with Gasteiger partial charge in [0.2, 0.25) is 0 Å². The monoisotopic (exact) mass is 462 g/mol. The molecule has 1 heterocycles. The van der Waals surface area contributed by atoms with Gasteiger partial charge in [-0.25, -0.2) is 4.98 Å². The van der Waals surface area contributed by atoms with Crippen LogP contribution in [0.4, 0.5) is 0 Å². The Morgan fingerprint density at radius 1 is 0.938 bits per heavy atom. The van der Waals surface area contributed by atoms with Crippen molar-refractivity contribution < 1.29 is 4.74 Å². The van der Waals surface area contributed by atoms with Crippen LogP contribution in [0.15, 0.2) is 72.9 Å². The predicted octanol–water partition coefficient (Wildman–Crippen LogP) is 8.40. The number of hydrogen-bond donors (Lipinski definition) is 1. The third-order valence-electron chi connectivity index (χ3n) is 5.10. The van der Waals surface area contributed by atoms with Crippen molar-refractivity contribution >= 4 is 35.4 Å². The van der Waals surface area contributed by atoms with Gasteiger partial charge in [0.25, 0.3) is 0 Å². The fraction of sp³-hybridized carbons (Fsp3) is 0.148. The van der Waals surface area contributed by atoms with Crippen molar-refractivity contribution in [2.24, 2.45) is 0 Å². The maximum atomic E-state index is 6.29. The molecule has 0 saturated heterocycles. The van der Waals surface area contributed by atoms with Crippen LogP contribution in [0.2, 0.25) is 10.0 Å². The first-order valence-corrected chi connectivity index (χ1v) is 11.4. The lowest BCUT2D eigenvalue weighted by Crippen LogP contribution is -1.96. The molecule has 0 atom stereocenters. The average molecular weight is 463 g/mol. The Hall–Kier alpha value is -3.01. The van der Waals surface area contributed by atoms with Gasteiger partial charge in [0.05, 0.1) is 23.5 Å². The molecule has 0 amide bonds. The molecule has 32 heavy (non-hydrogen) atoms. The molecule has 0 radical (unpaired) electrons. The summed E-state index contributed by atoms with van der Waals surface area (Å²) >= 11 is 12.3. The van der Waals surface area contributed by atoms with Crippen molar-refractivity contribution in [2.45, 2.75) is 19.8 Å². The number of aromatic nitrogens is 2. The van der Waals surface area contributed by atoms with E-state index in [1.165, 1.54) is 0 Å². The molecule has 0 aliphatic rings. The summed E-state index contributed by atoms with van der Waals surface area (Å²) in [4.78, 5) is 7.71. The summed E-state index contributed by atoms with van der Waals surface area (Å²) in [5.74, 6) is 1.67. The van der Waals surface area contributed by atoms with Gasteiger partial charge in [0.15, 0.2) is 0 Å². The second-order valence-corrected chi connectivity index (χ2v) is 8.34. The number of imidazole rings is 1. The second kappa shape index (κ2) is 10.5. The zero-order valence-corrected chi connectivity index (χ0v) is 19.3. The molecule has 3 aromatic carbocycles. The van der Waals surface area contributed by atoms with E-state index in [2.05, 4.69) is 53.3 Å². The van der Waals surface area contributed by atoms with Crippen molar-refractivity contribution in [2.75, 3.05) is 6.61 Å². The normalized spacial score (nSPS) is 11.2. The van der Waals surface area contributed by atoms with Gasteiger partial charge in [-0.2, -0.15) is 0 Å². The maximum absolute atomic E-state index is 6.29. The average Bonchev–Trinajstić information content (AvgIpc) is 3.27. The standard InChI is InChI=1S/C27H24Cl2N2O/c1-2-3-15-32-23-6-4-5-21(16-23)20-10-7-19(8-11-20)9-14-27-30-18-26(31-27)24-13-12-22(28)17-25(24)29/h4-14,16-18H,2-3,15H2,1H3,(H,30,31)/b14-9+. The SMILES string of the molecule is CCCCOc1cccc(-c2ccc(/C=C/c3ncc(-c4ccc(Cl)cc4Cl)[nH]3)cc2)c1. The topological polar surface area (TPSA) is 37.9 Å². The fourth-order valence-electron chi connectivity index (χ4n) is 3.33. The molecule has 1 aromatic heterocycles. The van der Waals surface area contributed by atoms with E-state index in [0.29, 0.717) is 10.0 Å². The quantitative estimate of drug-likeness (QED) is 0.267. The minimum absolute atomic E-state index is 0.590. The predicted molar refractivity (Wildman–Crippen MR) is 135 cm³/mol. The van der Waals surface area contributed by atoms with E-state index in [-0.39, 0.29) is 0 Å². The number of nitrogens with zero attached hydrogens (tertiary/aromatic N) is 1. The maximum Gasteiger partial charge on any atom is 0.130 e. The van der Waals surface area contributed by atoms with Crippen LogP contribution in [0.1, 0.15) is 31.2 Å². The summed E-state index contributed by atoms with van der Waals surface area (Å²) in [5.41, 5.74) is 5.11. The molecule has 1 N–H and O–H groups in total. The van der Waals surface area contributed by atoms with E-state index in [9.17, 15) is 0 Å². The first-order chi connectivity index (χ1) is 15.6. The zero-order valence-electron chi connectivity index (χ0n) is 17.8. The van der Waals surface area contributed by atoms with Gasteiger partial charge in [-0.1, -0.05) is 79.0 Å². The molecule has 4 rings (SSSR count). The van der Waals surface area contributed by atoms with Crippen molar-refractivity contribution in [1.82, 2.24) is 9.97 Å². The molecule has 0 unspecified atom stereocenters. The molecule has 3 nitrogen and oxygen atoms in total. The van der Waals surface area contributed by atoms with Crippen molar-refractivity contribution in [3.63, 3.8) is 0 Å². The molecule has 4 aromatic rings. The summed E-state index contributed by atoms with van der Waals surface area (Å²) in [6.45, 7) is 2.91. The van der Waals surface area contributed by atoms with Crippen LogP contribution in [0.5, 0.6) is 5.75 Å². The summed E-state index contributed by atoms with van der Waals surface area (Å²) in [5, 5.41) is 1.20. The van der Waals surface area contributed by atoms with Crippen LogP contribution < -0.4 is 4.74 Å². The number of aromatic amines is 1. The van der Waals surface area contributed by atoms with Gasteiger partial charge in [0.1, 0.15) is 11.6 Å². The Kier molecular flexibility index (Phi) is 7.31. The highest BCUT2D eigenvalue weighted by Crippen LogP contribution is 2.29. The number of ether oxygens (including phenoxy) is 1. The Bertz CT molecular complexity index is 1210. The molecular weight excluding hydrogens is 439 g/mol. The van der Waals surface area contributed by atoms with Crippen molar-refractivity contribution in [1.29, 1.82) is 0 Å². The summed E-state index contributed by atoms with van der Waals surface area (Å²) in [6.07, 6.45) is 7.94. The van der Waals surface area contributed by atoms with Crippen LogP contribution >= 0.6 is 23.2 Å². The third kappa shape index (κ3) is 5.61. The van der Waals surface area contributed by atoms with E-state index in [0.717, 1.165) is 59.0 Å². The second-order valence-electron chi connectivity index (χ2n) is 7.49. The Labute approximate surface area is 198 Å². The number of hydrogen-bond acceptors (Lipinski definition) is 2. The fourth-order valence-corrected chi connectivity index (χ4v) is 3.84. The van der Waals surface area contributed by atoms with Gasteiger partial charge in [-0.3, -0.25) is 0 Å². The largest absolute Gasteiger partial charge is 0.494 e. The highest BCUT2D eigenvalue weighted by atomic mass is 35.5. The molecule has 0 aliphatic heterocycles. The first-order valence-electron chi connectivity index (χ1n) is 10.6. The summed E-state index contributed by atoms with van der Waals surface area (Å²) < 4.78 is 5.83. The Balaban J connectivity index is 1.44. The van der Waals surface area contributed by atoms with Crippen LogP contribution in [0.25, 0.3) is 34.5 Å². The van der Waals surface area contributed by atoms with Gasteiger partial charge < -0.3 is 9.72 Å². The first kappa shape index (κ1) is 22.2. The number of unbranched alkanes of at least 4 members (excludes halogenated alkanes) is 1. The Morgan fingerprint density at radius 2 is 1.78 bits per heavy atom. The number of halogens is 2. The van der Waals surface area contributed by atoms with Gasteiger partial charge in [-0.05, 0) is 59.5 Å². The van der Waals surface area contributed by atoms with Gasteiger partial charge in [-0.15, -0.1) is 0 Å². The molecule has 0 saturated carbocycles. The molecule has 162 valence electrons. The summed E-state index contributed by atoms with van der Waals surface area (Å²) in [7, 11) is 0. The number of nitrogens with one attached hydrogen (secondary N) is 1. The van der Waals surface area contributed by atoms with E-state index < -0.39 is 0 Å². The minimum Gasteiger partial charge on any atom is -0.494 e. The lowest BCUT2D eigenvalue weighted by molar-refractivity contribution is 0.309. The van der Waals surface area contributed by atoms with E-state index >= 15 is 0 Å². The lowest BCUT2D eigenvalue weighted by atomic mass is 10.0. The van der Waals surface area contributed by atoms with Crippen LogP contribution in [0, 0.1) is 0 Å². The van der Waals surface area contributed by atoms with E-state index in [4.69, 9.17) is 27.9 Å². The number of rotatable bonds is 8. The minimum atomic E-state index is 0.590. The lowest BCUT2D eigenvalue weighted by Gasteiger charge is -2.08. The highest BCUT2D eigenvalue weighted by Gasteiger charge is 2.07. The van der Waals surface area contributed by atoms with Crippen molar-refractivity contribution in [3.05, 3.63) is 94.4 Å².